The molecule has 1 heterocycles. The lowest BCUT2D eigenvalue weighted by Crippen LogP contribution is -2.43. The van der Waals surface area contributed by atoms with E-state index in [2.05, 4.69) is 0 Å². The topological polar surface area (TPSA) is 37.4 Å². The zero-order valence-corrected chi connectivity index (χ0v) is 10.0. The van der Waals surface area contributed by atoms with E-state index in [9.17, 15) is 0 Å². The van der Waals surface area contributed by atoms with Crippen molar-refractivity contribution in [1.82, 2.24) is 15.6 Å². The number of hydroxylamine groups is 2. The molecule has 1 aromatic carbocycles. The first-order valence-corrected chi connectivity index (χ1v) is 5.10. The molecular weight excluding hydrogens is 222 g/mol. The van der Waals surface area contributed by atoms with Gasteiger partial charge >= 0.3 is 0 Å². The number of hydrogen-bond donors (Lipinski definition) is 0. The van der Waals surface area contributed by atoms with Crippen molar-refractivity contribution in [3.63, 3.8) is 0 Å². The lowest BCUT2D eigenvalue weighted by atomic mass is 10.2. The Morgan fingerprint density at radius 3 is 2.12 bits per heavy atom. The van der Waals surface area contributed by atoms with E-state index in [1.165, 1.54) is 22.7 Å². The first-order valence-electron chi connectivity index (χ1n) is 5.10. The van der Waals surface area contributed by atoms with E-state index in [1.807, 2.05) is 30.3 Å². The third-order valence-corrected chi connectivity index (χ3v) is 2.36. The summed E-state index contributed by atoms with van der Waals surface area (Å²) >= 11 is 0. The summed E-state index contributed by atoms with van der Waals surface area (Å²) in [5.41, 5.74) is 1.81. The van der Waals surface area contributed by atoms with Gasteiger partial charge in [-0.25, -0.2) is 0 Å². The molecule has 0 saturated heterocycles. The highest BCUT2D eigenvalue weighted by molar-refractivity contribution is 5.63. The Morgan fingerprint density at radius 2 is 1.59 bits per heavy atom. The van der Waals surface area contributed by atoms with Gasteiger partial charge in [-0.3, -0.25) is 14.5 Å². The molecule has 6 nitrogen and oxygen atoms in total. The van der Waals surface area contributed by atoms with Crippen molar-refractivity contribution in [3.8, 4) is 0 Å². The molecule has 2 rings (SSSR count). The largest absolute Gasteiger partial charge is 0.261 e. The van der Waals surface area contributed by atoms with Crippen molar-refractivity contribution in [2.24, 2.45) is 0 Å². The second-order valence-electron chi connectivity index (χ2n) is 3.26. The van der Waals surface area contributed by atoms with E-state index < -0.39 is 0 Å². The van der Waals surface area contributed by atoms with Crippen LogP contribution in [-0.2, 0) is 14.5 Å². The Kier molecular flexibility index (Phi) is 3.60. The molecule has 6 heteroatoms. The summed E-state index contributed by atoms with van der Waals surface area (Å²) in [5.74, 6) is 0. The molecule has 1 aliphatic heterocycles. The van der Waals surface area contributed by atoms with Crippen LogP contribution in [0.2, 0.25) is 0 Å². The predicted octanol–water partition coefficient (Wildman–Crippen LogP) is 1.42. The van der Waals surface area contributed by atoms with Crippen LogP contribution in [0.3, 0.4) is 0 Å². The van der Waals surface area contributed by atoms with E-state index in [4.69, 9.17) is 14.5 Å². The predicted molar refractivity (Wildman–Crippen MR) is 61.0 cm³/mol. The van der Waals surface area contributed by atoms with Gasteiger partial charge < -0.3 is 0 Å². The number of hydrazine groups is 2. The Bertz CT molecular complexity index is 396. The molecule has 0 N–H and O–H groups in total. The summed E-state index contributed by atoms with van der Waals surface area (Å²) in [6.07, 6.45) is 1.77. The molecule has 0 fully saturated rings. The summed E-state index contributed by atoms with van der Waals surface area (Å²) in [6, 6.07) is 9.82. The first kappa shape index (κ1) is 11.9. The molecule has 0 saturated carbocycles. The van der Waals surface area contributed by atoms with Crippen LogP contribution in [0.4, 0.5) is 0 Å². The molecule has 17 heavy (non-hydrogen) atoms. The normalized spacial score (nSPS) is 16.5. The number of hydrogen-bond acceptors (Lipinski definition) is 6. The Hall–Kier alpha value is -1.60. The minimum Gasteiger partial charge on any atom is -0.261 e. The maximum Gasteiger partial charge on any atom is 0.114 e. The molecule has 1 aromatic rings. The standard InChI is InChI=1S/C11H15N3O3/c1-15-12-9-11(10-7-5-4-6-8-10)13(16-2)14(12)17-3/h4-9H,1-3H3. The van der Waals surface area contributed by atoms with Crippen molar-refractivity contribution < 1.29 is 14.5 Å². The molecule has 0 spiro atoms. The van der Waals surface area contributed by atoms with Crippen LogP contribution < -0.4 is 0 Å². The quantitative estimate of drug-likeness (QED) is 0.788. The van der Waals surface area contributed by atoms with E-state index in [-0.39, 0.29) is 0 Å². The fraction of sp³-hybridized carbons (Fsp3) is 0.273. The molecule has 0 unspecified atom stereocenters. The van der Waals surface area contributed by atoms with Crippen molar-refractivity contribution in [2.75, 3.05) is 21.3 Å². The van der Waals surface area contributed by atoms with Gasteiger partial charge in [-0.15, -0.1) is 10.3 Å². The smallest absolute Gasteiger partial charge is 0.114 e. The second-order valence-corrected chi connectivity index (χ2v) is 3.26. The molecule has 1 aliphatic rings. The summed E-state index contributed by atoms with van der Waals surface area (Å²) in [6.45, 7) is 0. The number of benzene rings is 1. The maximum absolute atomic E-state index is 5.26. The van der Waals surface area contributed by atoms with Crippen LogP contribution in [0.1, 0.15) is 5.56 Å². The minimum atomic E-state index is 0.816. The van der Waals surface area contributed by atoms with Crippen LogP contribution in [0, 0.1) is 0 Å². The molecule has 0 bridgehead atoms. The van der Waals surface area contributed by atoms with Gasteiger partial charge in [-0.05, 0) is 0 Å². The van der Waals surface area contributed by atoms with E-state index in [0.29, 0.717) is 0 Å². The third-order valence-electron chi connectivity index (χ3n) is 2.36. The molecule has 0 radical (unpaired) electrons. The van der Waals surface area contributed by atoms with Crippen LogP contribution in [0.5, 0.6) is 0 Å². The molecule has 0 amide bonds. The van der Waals surface area contributed by atoms with Crippen molar-refractivity contribution in [2.45, 2.75) is 0 Å². The Balaban J connectivity index is 2.33. The zero-order valence-electron chi connectivity index (χ0n) is 10.0. The fourth-order valence-corrected chi connectivity index (χ4v) is 1.61. The van der Waals surface area contributed by atoms with Crippen molar-refractivity contribution in [3.05, 3.63) is 42.1 Å². The lowest BCUT2D eigenvalue weighted by Gasteiger charge is -2.29. The summed E-state index contributed by atoms with van der Waals surface area (Å²) < 4.78 is 0. The lowest BCUT2D eigenvalue weighted by molar-refractivity contribution is -0.477. The van der Waals surface area contributed by atoms with E-state index in [1.54, 1.807) is 20.4 Å². The number of rotatable bonds is 4. The molecular formula is C11H15N3O3. The highest BCUT2D eigenvalue weighted by Gasteiger charge is 2.32. The average molecular weight is 237 g/mol. The minimum absolute atomic E-state index is 0.816. The monoisotopic (exact) mass is 237 g/mol. The molecule has 0 atom stereocenters. The fourth-order valence-electron chi connectivity index (χ4n) is 1.61. The van der Waals surface area contributed by atoms with Gasteiger partial charge in [0, 0.05) is 5.56 Å². The van der Waals surface area contributed by atoms with Crippen molar-refractivity contribution in [1.29, 1.82) is 0 Å². The highest BCUT2D eigenvalue weighted by atomic mass is 16.9. The van der Waals surface area contributed by atoms with E-state index >= 15 is 0 Å². The van der Waals surface area contributed by atoms with Gasteiger partial charge in [0.05, 0.1) is 32.8 Å². The van der Waals surface area contributed by atoms with Crippen molar-refractivity contribution >= 4 is 5.70 Å². The zero-order chi connectivity index (χ0) is 12.3. The van der Waals surface area contributed by atoms with Gasteiger partial charge in [-0.2, -0.15) is 0 Å². The molecule has 0 aromatic heterocycles. The average Bonchev–Trinajstić information content (AvgIpc) is 2.77. The van der Waals surface area contributed by atoms with Crippen LogP contribution in [-0.4, -0.2) is 37.0 Å². The van der Waals surface area contributed by atoms with Gasteiger partial charge in [0.25, 0.3) is 0 Å². The molecule has 0 aliphatic carbocycles. The van der Waals surface area contributed by atoms with Gasteiger partial charge in [0.1, 0.15) is 5.70 Å². The maximum atomic E-state index is 5.26. The number of nitrogens with zero attached hydrogens (tertiary/aromatic N) is 3. The summed E-state index contributed by atoms with van der Waals surface area (Å²) in [5, 5.41) is 4.26. The van der Waals surface area contributed by atoms with Crippen LogP contribution in [0.15, 0.2) is 36.5 Å². The highest BCUT2D eigenvalue weighted by Crippen LogP contribution is 2.29. The van der Waals surface area contributed by atoms with Gasteiger partial charge in [0.2, 0.25) is 0 Å². The van der Waals surface area contributed by atoms with Crippen LogP contribution >= 0.6 is 0 Å². The van der Waals surface area contributed by atoms with Gasteiger partial charge in [0.15, 0.2) is 0 Å². The summed E-state index contributed by atoms with van der Waals surface area (Å²) in [4.78, 5) is 15.5. The summed E-state index contributed by atoms with van der Waals surface area (Å²) in [7, 11) is 4.63. The Labute approximate surface area is 100.0 Å². The van der Waals surface area contributed by atoms with E-state index in [0.717, 1.165) is 11.3 Å². The van der Waals surface area contributed by atoms with Crippen LogP contribution in [0.25, 0.3) is 5.70 Å². The Morgan fingerprint density at radius 1 is 0.882 bits per heavy atom. The third kappa shape index (κ3) is 2.11. The molecule has 92 valence electrons. The SMILES string of the molecule is CON1C=C(c2ccccc2)N(OC)N1OC. The second kappa shape index (κ2) is 5.15. The first-order chi connectivity index (χ1) is 8.31. The van der Waals surface area contributed by atoms with Gasteiger partial charge in [-0.1, -0.05) is 30.3 Å².